The molecule has 0 radical (unpaired) electrons. The predicted octanol–water partition coefficient (Wildman–Crippen LogP) is 0.908. The first kappa shape index (κ1) is 35.7. The number of hydrogen-bond acceptors (Lipinski definition) is 6. The third-order valence-electron chi connectivity index (χ3n) is 4.37. The number of nitrogens with two attached hydrogens (primary N) is 2. The van der Waals surface area contributed by atoms with Crippen LogP contribution in [0.4, 0.5) is 4.39 Å². The van der Waals surface area contributed by atoms with E-state index in [2.05, 4.69) is 34.6 Å². The maximum Gasteiger partial charge on any atom is 0.254 e. The fourth-order valence-corrected chi connectivity index (χ4v) is 2.83. The van der Waals surface area contributed by atoms with Crippen molar-refractivity contribution >= 4 is 29.5 Å². The molecule has 1 aromatic heterocycles. The lowest BCUT2D eigenvalue weighted by molar-refractivity contribution is -0.138. The van der Waals surface area contributed by atoms with Gasteiger partial charge < -0.3 is 27.0 Å². The van der Waals surface area contributed by atoms with Crippen LogP contribution in [0.2, 0.25) is 0 Å². The van der Waals surface area contributed by atoms with Crippen LogP contribution >= 0.6 is 0 Å². The number of halogens is 1. The van der Waals surface area contributed by atoms with Gasteiger partial charge in [0.05, 0.1) is 24.8 Å². The highest BCUT2D eigenvalue weighted by Crippen LogP contribution is 2.17. The molecule has 12 nitrogen and oxygen atoms in total. The van der Waals surface area contributed by atoms with Gasteiger partial charge in [-0.15, -0.1) is 0 Å². The van der Waals surface area contributed by atoms with Crippen molar-refractivity contribution in [2.75, 3.05) is 32.9 Å². The fourth-order valence-electron chi connectivity index (χ4n) is 2.83. The number of nitrogens with one attached hydrogen (secondary N) is 2. The minimum atomic E-state index is -1.14. The van der Waals surface area contributed by atoms with Gasteiger partial charge in [0, 0.05) is 26.3 Å². The summed E-state index contributed by atoms with van der Waals surface area (Å²) in [6.45, 7) is 9.60. The highest BCUT2D eigenvalue weighted by Gasteiger charge is 2.34. The third kappa shape index (κ3) is 16.0. The molecule has 212 valence electrons. The Morgan fingerprint density at radius 1 is 1.14 bits per heavy atom. The van der Waals surface area contributed by atoms with Crippen molar-refractivity contribution in [2.24, 2.45) is 23.5 Å². The van der Waals surface area contributed by atoms with Crippen molar-refractivity contribution < 1.29 is 23.6 Å². The van der Waals surface area contributed by atoms with Crippen LogP contribution in [0.3, 0.4) is 0 Å². The van der Waals surface area contributed by atoms with Gasteiger partial charge >= 0.3 is 0 Å². The number of alkyl halides is 1. The Bertz CT molecular complexity index is 840. The molecule has 1 saturated heterocycles. The lowest BCUT2D eigenvalue weighted by atomic mass is 10.2. The van der Waals surface area contributed by atoms with Crippen LogP contribution in [0.15, 0.2) is 17.4 Å². The van der Waals surface area contributed by atoms with Crippen LogP contribution in [0.25, 0.3) is 0 Å². The summed E-state index contributed by atoms with van der Waals surface area (Å²) in [4.78, 5) is 52.3. The van der Waals surface area contributed by atoms with E-state index in [1.807, 2.05) is 20.8 Å². The molecule has 6 N–H and O–H groups in total. The Morgan fingerprint density at radius 3 is 2.22 bits per heavy atom. The summed E-state index contributed by atoms with van der Waals surface area (Å²) in [6, 6.07) is -0.713. The number of ketones is 1. The summed E-state index contributed by atoms with van der Waals surface area (Å²) >= 11 is 0. The van der Waals surface area contributed by atoms with Gasteiger partial charge in [-0.05, 0) is 19.3 Å². The standard InChI is InChI=1S/C15H20FN5O4.C4H11N3.C3H8.C2H6/c1-20-9-10(6-19-20)14(24)18-8-13(23)21-4-2-3-12(21)15(25)17-7-11(22)5-16;1-2-3-7-4(5)6;1-3-2;1-2/h6,9,12H,2-5,7-8H2,1H3,(H,17,25)(H,18,24);2-3H2,1H3,(H4,5,6,7);3H2,1-2H3;1-2H3. The van der Waals surface area contributed by atoms with Crippen LogP contribution in [-0.4, -0.2) is 83.0 Å². The molecular weight excluding hydrogens is 483 g/mol. The Labute approximate surface area is 219 Å². The van der Waals surface area contributed by atoms with E-state index >= 15 is 0 Å². The van der Waals surface area contributed by atoms with E-state index in [-0.39, 0.29) is 12.5 Å². The van der Waals surface area contributed by atoms with Gasteiger partial charge in [-0.3, -0.25) is 28.9 Å². The Balaban J connectivity index is 0. The van der Waals surface area contributed by atoms with E-state index in [9.17, 15) is 23.6 Å². The van der Waals surface area contributed by atoms with Crippen LogP contribution in [0, 0.1) is 0 Å². The van der Waals surface area contributed by atoms with E-state index in [1.54, 1.807) is 7.05 Å². The molecule has 1 aliphatic rings. The number of aryl methyl sites for hydroxylation is 1. The number of aliphatic imine (C=N–C) groups is 1. The van der Waals surface area contributed by atoms with Gasteiger partial charge in [-0.25, -0.2) is 4.39 Å². The Hall–Kier alpha value is -3.51. The maximum absolute atomic E-state index is 12.3. The summed E-state index contributed by atoms with van der Waals surface area (Å²) in [5, 5.41) is 8.69. The number of guanidine groups is 1. The Morgan fingerprint density at radius 2 is 1.76 bits per heavy atom. The number of aromatic nitrogens is 2. The third-order valence-corrected chi connectivity index (χ3v) is 4.37. The van der Waals surface area contributed by atoms with Crippen molar-refractivity contribution in [3.8, 4) is 0 Å². The number of likely N-dealkylation sites (tertiary alicyclic amines) is 1. The summed E-state index contributed by atoms with van der Waals surface area (Å²) in [6.07, 6.45) is 6.24. The molecule has 1 unspecified atom stereocenters. The van der Waals surface area contributed by atoms with Crippen molar-refractivity contribution in [3.05, 3.63) is 18.0 Å². The second-order valence-corrected chi connectivity index (χ2v) is 7.73. The minimum Gasteiger partial charge on any atom is -0.370 e. The topological polar surface area (TPSA) is 178 Å². The predicted molar refractivity (Wildman–Crippen MR) is 143 cm³/mol. The Kier molecular flexibility index (Phi) is 21.0. The highest BCUT2D eigenvalue weighted by atomic mass is 19.1. The van der Waals surface area contributed by atoms with Gasteiger partial charge in [0.25, 0.3) is 5.91 Å². The lowest BCUT2D eigenvalue weighted by Gasteiger charge is -2.24. The summed E-state index contributed by atoms with van der Waals surface area (Å²) < 4.78 is 13.6. The fraction of sp³-hybridized carbons (Fsp3) is 0.667. The molecule has 0 bridgehead atoms. The quantitative estimate of drug-likeness (QED) is 0.272. The molecule has 2 heterocycles. The summed E-state index contributed by atoms with van der Waals surface area (Å²) in [5.74, 6) is -1.87. The minimum absolute atomic E-state index is 0.182. The molecule has 0 spiro atoms. The van der Waals surface area contributed by atoms with Crippen LogP contribution in [-0.2, 0) is 21.4 Å². The van der Waals surface area contributed by atoms with Gasteiger partial charge in [0.15, 0.2) is 11.7 Å². The van der Waals surface area contributed by atoms with E-state index in [1.165, 1.54) is 28.4 Å². The number of carbonyl (C=O) groups excluding carboxylic acids is 4. The zero-order valence-corrected chi connectivity index (χ0v) is 23.1. The van der Waals surface area contributed by atoms with E-state index < -0.39 is 42.8 Å². The highest BCUT2D eigenvalue weighted by molar-refractivity contribution is 5.97. The molecule has 3 amide bonds. The number of Topliss-reactive ketones (excluding diaryl/α,β-unsaturated/α-hetero) is 1. The molecule has 0 aromatic carbocycles. The molecule has 0 aliphatic carbocycles. The molecule has 1 aromatic rings. The van der Waals surface area contributed by atoms with Crippen molar-refractivity contribution in [3.63, 3.8) is 0 Å². The molecule has 1 fully saturated rings. The van der Waals surface area contributed by atoms with Gasteiger partial charge in [-0.2, -0.15) is 5.10 Å². The second-order valence-electron chi connectivity index (χ2n) is 7.73. The number of hydrogen-bond donors (Lipinski definition) is 4. The van der Waals surface area contributed by atoms with E-state index in [0.29, 0.717) is 24.9 Å². The van der Waals surface area contributed by atoms with E-state index in [0.717, 1.165) is 13.0 Å². The van der Waals surface area contributed by atoms with Gasteiger partial charge in [0.1, 0.15) is 12.7 Å². The average Bonchev–Trinajstić information content (AvgIpc) is 3.55. The second kappa shape index (κ2) is 21.7. The lowest BCUT2D eigenvalue weighted by Crippen LogP contribution is -2.49. The first-order chi connectivity index (χ1) is 17.6. The van der Waals surface area contributed by atoms with Crippen molar-refractivity contribution in [1.29, 1.82) is 0 Å². The average molecular weight is 529 g/mol. The number of rotatable bonds is 9. The van der Waals surface area contributed by atoms with Gasteiger partial charge in [-0.1, -0.05) is 41.0 Å². The number of amides is 3. The summed E-state index contributed by atoms with van der Waals surface area (Å²) in [5.41, 5.74) is 10.3. The molecular formula is C24H45FN8O4. The van der Waals surface area contributed by atoms with Gasteiger partial charge in [0.2, 0.25) is 11.8 Å². The monoisotopic (exact) mass is 528 g/mol. The zero-order chi connectivity index (χ0) is 28.8. The molecule has 1 aliphatic heterocycles. The smallest absolute Gasteiger partial charge is 0.254 e. The first-order valence-corrected chi connectivity index (χ1v) is 12.6. The molecule has 13 heteroatoms. The molecule has 37 heavy (non-hydrogen) atoms. The number of nitrogens with zero attached hydrogens (tertiary/aromatic N) is 4. The van der Waals surface area contributed by atoms with Crippen LogP contribution in [0.1, 0.15) is 70.7 Å². The molecule has 1 atom stereocenters. The first-order valence-electron chi connectivity index (χ1n) is 12.6. The number of carbonyl (C=O) groups is 4. The van der Waals surface area contributed by atoms with E-state index in [4.69, 9.17) is 11.5 Å². The van der Waals surface area contributed by atoms with Crippen LogP contribution < -0.4 is 22.1 Å². The normalized spacial score (nSPS) is 13.4. The molecule has 2 rings (SSSR count). The summed E-state index contributed by atoms with van der Waals surface area (Å²) in [7, 11) is 1.67. The molecule has 0 saturated carbocycles. The van der Waals surface area contributed by atoms with Crippen LogP contribution in [0.5, 0.6) is 0 Å². The van der Waals surface area contributed by atoms with Crippen molar-refractivity contribution in [2.45, 2.75) is 66.3 Å². The SMILES string of the molecule is CC.CCC.CCCN=C(N)N.Cn1cc(C(=O)NCC(=O)N2CCCC2C(=O)NCC(=O)CF)cn1. The largest absolute Gasteiger partial charge is 0.370 e. The van der Waals surface area contributed by atoms with Crippen molar-refractivity contribution in [1.82, 2.24) is 25.3 Å². The zero-order valence-electron chi connectivity index (χ0n) is 23.1. The maximum atomic E-state index is 12.3.